The zero-order chi connectivity index (χ0) is 12.1. The third-order valence-electron chi connectivity index (χ3n) is 3.36. The molecule has 1 saturated heterocycles. The van der Waals surface area contributed by atoms with E-state index >= 15 is 0 Å². The summed E-state index contributed by atoms with van der Waals surface area (Å²) in [6.07, 6.45) is 3.59. The molecule has 0 aliphatic carbocycles. The van der Waals surface area contributed by atoms with Crippen molar-refractivity contribution < 1.29 is 9.53 Å². The zero-order valence-corrected chi connectivity index (χ0v) is 10.7. The first kappa shape index (κ1) is 13.2. The first-order valence-electron chi connectivity index (χ1n) is 6.20. The monoisotopic (exact) mass is 225 g/mol. The Morgan fingerprint density at radius 2 is 2.12 bits per heavy atom. The number of hydrogen-bond acceptors (Lipinski definition) is 3. The molecule has 0 saturated carbocycles. The number of nitrogens with zero attached hydrogens (tertiary/aromatic N) is 1. The topological polar surface area (TPSA) is 29.5 Å². The van der Waals surface area contributed by atoms with Crippen LogP contribution >= 0.6 is 0 Å². The van der Waals surface area contributed by atoms with Crippen molar-refractivity contribution in [1.29, 1.82) is 0 Å². The fourth-order valence-electron chi connectivity index (χ4n) is 2.37. The molecule has 1 aliphatic rings. The predicted molar refractivity (Wildman–Crippen MR) is 65.3 cm³/mol. The smallest absolute Gasteiger partial charge is 0.334 e. The molecule has 92 valence electrons. The molecule has 0 N–H and O–H groups in total. The van der Waals surface area contributed by atoms with Gasteiger partial charge in [0.2, 0.25) is 0 Å². The van der Waals surface area contributed by atoms with Crippen LogP contribution in [0.2, 0.25) is 0 Å². The molecule has 2 atom stereocenters. The van der Waals surface area contributed by atoms with Crippen molar-refractivity contribution in [3.05, 3.63) is 12.2 Å². The Morgan fingerprint density at radius 1 is 1.44 bits per heavy atom. The van der Waals surface area contributed by atoms with Crippen LogP contribution < -0.4 is 0 Å². The van der Waals surface area contributed by atoms with E-state index in [0.29, 0.717) is 30.8 Å². The van der Waals surface area contributed by atoms with E-state index in [4.69, 9.17) is 4.74 Å². The van der Waals surface area contributed by atoms with E-state index in [1.807, 2.05) is 6.92 Å². The second kappa shape index (κ2) is 6.04. The lowest BCUT2D eigenvalue weighted by Gasteiger charge is -2.27. The molecule has 3 nitrogen and oxygen atoms in total. The molecule has 1 aliphatic heterocycles. The van der Waals surface area contributed by atoms with Crippen molar-refractivity contribution in [2.45, 2.75) is 52.1 Å². The van der Waals surface area contributed by atoms with Gasteiger partial charge in [0.1, 0.15) is 0 Å². The molecule has 1 rings (SSSR count). The van der Waals surface area contributed by atoms with Crippen LogP contribution in [0, 0.1) is 0 Å². The molecule has 2 unspecified atom stereocenters. The molecule has 0 bridgehead atoms. The van der Waals surface area contributed by atoms with Gasteiger partial charge < -0.3 is 4.74 Å². The van der Waals surface area contributed by atoms with Gasteiger partial charge in [0.25, 0.3) is 0 Å². The minimum Gasteiger partial charge on any atom is -0.463 e. The van der Waals surface area contributed by atoms with Gasteiger partial charge in [-0.2, -0.15) is 0 Å². The van der Waals surface area contributed by atoms with Crippen molar-refractivity contribution in [3.63, 3.8) is 0 Å². The van der Waals surface area contributed by atoms with Crippen LogP contribution in [0.3, 0.4) is 0 Å². The van der Waals surface area contributed by atoms with E-state index in [-0.39, 0.29) is 5.97 Å². The molecule has 0 aromatic carbocycles. The summed E-state index contributed by atoms with van der Waals surface area (Å²) in [6, 6.07) is 1.15. The van der Waals surface area contributed by atoms with Crippen molar-refractivity contribution in [2.75, 3.05) is 13.2 Å². The quantitative estimate of drug-likeness (QED) is 0.531. The van der Waals surface area contributed by atoms with E-state index in [2.05, 4.69) is 25.3 Å². The number of likely N-dealkylation sites (tertiary alicyclic amines) is 1. The Morgan fingerprint density at radius 3 is 2.69 bits per heavy atom. The summed E-state index contributed by atoms with van der Waals surface area (Å²) in [7, 11) is 0. The molecule has 0 radical (unpaired) electrons. The Bertz CT molecular complexity index is 263. The van der Waals surface area contributed by atoms with Gasteiger partial charge in [-0.1, -0.05) is 13.5 Å². The third kappa shape index (κ3) is 3.08. The highest BCUT2D eigenvalue weighted by atomic mass is 16.5. The molecule has 3 heteroatoms. The summed E-state index contributed by atoms with van der Waals surface area (Å²) in [5, 5.41) is 0. The molecular formula is C13H23NO2. The molecule has 0 aromatic heterocycles. The van der Waals surface area contributed by atoms with E-state index in [9.17, 15) is 4.79 Å². The molecular weight excluding hydrogens is 202 g/mol. The van der Waals surface area contributed by atoms with Crippen molar-refractivity contribution in [3.8, 4) is 0 Å². The molecule has 0 amide bonds. The van der Waals surface area contributed by atoms with Crippen LogP contribution in [0.5, 0.6) is 0 Å². The highest BCUT2D eigenvalue weighted by molar-refractivity contribution is 5.88. The zero-order valence-electron chi connectivity index (χ0n) is 10.7. The molecule has 0 spiro atoms. The fraction of sp³-hybridized carbons (Fsp3) is 0.769. The minimum atomic E-state index is -0.253. The summed E-state index contributed by atoms with van der Waals surface area (Å²) in [5.41, 5.74) is 0.578. The summed E-state index contributed by atoms with van der Waals surface area (Å²) >= 11 is 0. The predicted octanol–water partition coefficient (Wildman–Crippen LogP) is 2.37. The van der Waals surface area contributed by atoms with Crippen LogP contribution in [0.15, 0.2) is 12.2 Å². The molecule has 0 aromatic rings. The van der Waals surface area contributed by atoms with Gasteiger partial charge in [0, 0.05) is 24.2 Å². The number of ether oxygens (including phenoxy) is 1. The van der Waals surface area contributed by atoms with E-state index in [0.717, 1.165) is 6.42 Å². The van der Waals surface area contributed by atoms with Gasteiger partial charge in [0.05, 0.1) is 6.61 Å². The molecule has 16 heavy (non-hydrogen) atoms. The van der Waals surface area contributed by atoms with Crippen LogP contribution in [0.1, 0.15) is 40.0 Å². The van der Waals surface area contributed by atoms with Gasteiger partial charge in [-0.15, -0.1) is 0 Å². The highest BCUT2D eigenvalue weighted by Gasteiger charge is 2.30. The van der Waals surface area contributed by atoms with Gasteiger partial charge in [-0.05, 0) is 33.1 Å². The Hall–Kier alpha value is -0.830. The van der Waals surface area contributed by atoms with Crippen LogP contribution in [-0.2, 0) is 9.53 Å². The first-order valence-corrected chi connectivity index (χ1v) is 6.20. The lowest BCUT2D eigenvalue weighted by Crippen LogP contribution is -2.37. The average Bonchev–Trinajstić information content (AvgIpc) is 2.60. The number of carbonyl (C=O) groups excluding carboxylic acids is 1. The summed E-state index contributed by atoms with van der Waals surface area (Å²) in [6.45, 7) is 11.1. The van der Waals surface area contributed by atoms with E-state index in [1.165, 1.54) is 12.8 Å². The van der Waals surface area contributed by atoms with Gasteiger partial charge in [-0.25, -0.2) is 4.79 Å². The number of esters is 1. The van der Waals surface area contributed by atoms with Crippen molar-refractivity contribution in [2.24, 2.45) is 0 Å². The summed E-state index contributed by atoms with van der Waals surface area (Å²) < 4.78 is 4.95. The maximum absolute atomic E-state index is 11.5. The van der Waals surface area contributed by atoms with Crippen LogP contribution in [-0.4, -0.2) is 36.1 Å². The van der Waals surface area contributed by atoms with Crippen molar-refractivity contribution in [1.82, 2.24) is 4.90 Å². The normalized spacial score (nSPS) is 25.7. The SMILES string of the molecule is C=C(CN1C(C)CCC1CC)C(=O)OCC. The van der Waals surface area contributed by atoms with Crippen molar-refractivity contribution >= 4 is 5.97 Å². The maximum atomic E-state index is 11.5. The fourth-order valence-corrected chi connectivity index (χ4v) is 2.37. The van der Waals surface area contributed by atoms with Gasteiger partial charge in [-0.3, -0.25) is 4.90 Å². The summed E-state index contributed by atoms with van der Waals surface area (Å²) in [5.74, 6) is -0.253. The second-order valence-corrected chi connectivity index (χ2v) is 4.48. The minimum absolute atomic E-state index is 0.253. The largest absolute Gasteiger partial charge is 0.463 e. The van der Waals surface area contributed by atoms with Crippen LogP contribution in [0.25, 0.3) is 0 Å². The third-order valence-corrected chi connectivity index (χ3v) is 3.36. The lowest BCUT2D eigenvalue weighted by atomic mass is 10.1. The average molecular weight is 225 g/mol. The Balaban J connectivity index is 2.51. The number of rotatable bonds is 5. The molecule has 1 fully saturated rings. The number of carbonyl (C=O) groups is 1. The molecule has 1 heterocycles. The van der Waals surface area contributed by atoms with E-state index in [1.54, 1.807) is 0 Å². The van der Waals surface area contributed by atoms with Gasteiger partial charge >= 0.3 is 5.97 Å². The maximum Gasteiger partial charge on any atom is 0.334 e. The summed E-state index contributed by atoms with van der Waals surface area (Å²) in [4.78, 5) is 13.9. The van der Waals surface area contributed by atoms with Gasteiger partial charge in [0.15, 0.2) is 0 Å². The Kier molecular flexibility index (Phi) is 5.00. The Labute approximate surface area is 98.5 Å². The van der Waals surface area contributed by atoms with E-state index < -0.39 is 0 Å². The number of hydrogen-bond donors (Lipinski definition) is 0. The first-order chi connectivity index (χ1) is 7.60. The standard InChI is InChI=1S/C13H23NO2/c1-5-12-8-7-11(4)14(12)9-10(3)13(15)16-6-2/h11-12H,3,5-9H2,1-2,4H3. The van der Waals surface area contributed by atoms with Crippen LogP contribution in [0.4, 0.5) is 0 Å². The second-order valence-electron chi connectivity index (χ2n) is 4.48. The lowest BCUT2D eigenvalue weighted by molar-refractivity contribution is -0.138. The highest BCUT2D eigenvalue weighted by Crippen LogP contribution is 2.26.